The van der Waals surface area contributed by atoms with Crippen molar-refractivity contribution in [3.63, 3.8) is 0 Å². The lowest BCUT2D eigenvalue weighted by molar-refractivity contribution is -0.145. The van der Waals surface area contributed by atoms with E-state index in [1.54, 1.807) is 31.0 Å². The van der Waals surface area contributed by atoms with E-state index in [9.17, 15) is 28.7 Å². The summed E-state index contributed by atoms with van der Waals surface area (Å²) >= 11 is 1.53. The van der Waals surface area contributed by atoms with Crippen molar-refractivity contribution in [1.29, 1.82) is 0 Å². The van der Waals surface area contributed by atoms with Crippen LogP contribution in [-0.2, 0) is 23.9 Å². The minimum absolute atomic E-state index is 0.0298. The van der Waals surface area contributed by atoms with E-state index in [0.717, 1.165) is 76.0 Å². The first-order valence-electron chi connectivity index (χ1n) is 26.9. The van der Waals surface area contributed by atoms with Gasteiger partial charge in [0, 0.05) is 87.6 Å². The van der Waals surface area contributed by atoms with Crippen LogP contribution in [0.25, 0.3) is 27.5 Å². The summed E-state index contributed by atoms with van der Waals surface area (Å²) in [6.07, 6.45) is 2.71. The monoisotopic (exact) mass is 1080 g/mol. The number of nitrogens with one attached hydrogen (secondary N) is 3. The number of amides is 4. The molecule has 3 saturated heterocycles. The number of rotatable bonds is 17. The van der Waals surface area contributed by atoms with Crippen LogP contribution in [-0.4, -0.2) is 134 Å². The summed E-state index contributed by atoms with van der Waals surface area (Å²) < 4.78 is 28.7. The van der Waals surface area contributed by atoms with E-state index in [-0.39, 0.29) is 50.7 Å². The molecule has 0 spiro atoms. The van der Waals surface area contributed by atoms with E-state index in [0.29, 0.717) is 43.8 Å². The largest absolute Gasteiger partial charge is 0.460 e. The zero-order valence-electron chi connectivity index (χ0n) is 44.8. The van der Waals surface area contributed by atoms with Crippen LogP contribution in [0, 0.1) is 19.3 Å². The summed E-state index contributed by atoms with van der Waals surface area (Å²) in [6, 6.07) is 25.1. The number of carbonyl (C=O) groups is 4. The minimum Gasteiger partial charge on any atom is -0.460 e. The Kier molecular flexibility index (Phi) is 15.9. The van der Waals surface area contributed by atoms with Gasteiger partial charge in [0.05, 0.1) is 47.1 Å². The summed E-state index contributed by atoms with van der Waals surface area (Å²) in [7, 11) is 0. The Hall–Kier alpha value is -7.29. The maximum absolute atomic E-state index is 14.8. The maximum atomic E-state index is 14.8. The summed E-state index contributed by atoms with van der Waals surface area (Å²) in [5.74, 6) is -0.807. The van der Waals surface area contributed by atoms with Crippen molar-refractivity contribution in [2.45, 2.75) is 116 Å². The Morgan fingerprint density at radius 2 is 1.62 bits per heavy atom. The van der Waals surface area contributed by atoms with Gasteiger partial charge in [-0.25, -0.2) is 14.1 Å². The number of aryl methyl sites for hydroxylation is 2. The molecule has 10 rings (SSSR count). The molecule has 20 heteroatoms. The fourth-order valence-corrected chi connectivity index (χ4v) is 11.1. The van der Waals surface area contributed by atoms with E-state index in [2.05, 4.69) is 49.8 Å². The number of anilines is 3. The number of alkyl halides is 1. The summed E-state index contributed by atoms with van der Waals surface area (Å²) in [5.41, 5.74) is 6.23. The highest BCUT2D eigenvalue weighted by atomic mass is 32.1. The van der Waals surface area contributed by atoms with E-state index < -0.39 is 53.0 Å². The van der Waals surface area contributed by atoms with Crippen molar-refractivity contribution < 1.29 is 38.1 Å². The minimum atomic E-state index is -2.00. The van der Waals surface area contributed by atoms with Crippen LogP contribution in [0.5, 0.6) is 6.01 Å². The number of aliphatic hydroxyl groups is 1. The van der Waals surface area contributed by atoms with Gasteiger partial charge in [-0.1, -0.05) is 68.8 Å². The normalized spacial score (nSPS) is 19.2. The number of carbonyl (C=O) groups excluding carboxylic acids is 4. The lowest BCUT2D eigenvalue weighted by atomic mass is 9.85. The van der Waals surface area contributed by atoms with Crippen LogP contribution in [0.4, 0.5) is 21.6 Å². The number of piperidine rings is 1. The molecule has 4 fully saturated rings. The number of thiazole rings is 1. The zero-order chi connectivity index (χ0) is 54.7. The lowest BCUT2D eigenvalue weighted by Crippen LogP contribution is -2.59. The Morgan fingerprint density at radius 3 is 2.29 bits per heavy atom. The summed E-state index contributed by atoms with van der Waals surface area (Å²) in [4.78, 5) is 76.0. The molecule has 0 bridgehead atoms. The molecule has 78 heavy (non-hydrogen) atoms. The van der Waals surface area contributed by atoms with Gasteiger partial charge in [-0.3, -0.25) is 19.2 Å². The van der Waals surface area contributed by atoms with E-state index >= 15 is 0 Å². The molecule has 410 valence electrons. The predicted octanol–water partition coefficient (Wildman–Crippen LogP) is 7.53. The van der Waals surface area contributed by atoms with Crippen molar-refractivity contribution in [2.24, 2.45) is 5.41 Å². The number of morpholine rings is 1. The highest BCUT2D eigenvalue weighted by Gasteiger charge is 2.53. The Morgan fingerprint density at radius 1 is 0.885 bits per heavy atom. The molecule has 3 aromatic heterocycles. The van der Waals surface area contributed by atoms with Gasteiger partial charge >= 0.3 is 6.01 Å². The molecular weight excluding hydrogens is 1010 g/mol. The number of ether oxygens (including phenoxy) is 2. The molecule has 4 aliphatic rings. The van der Waals surface area contributed by atoms with E-state index in [4.69, 9.17) is 24.5 Å². The third-order valence-electron chi connectivity index (χ3n) is 15.0. The van der Waals surface area contributed by atoms with Crippen LogP contribution in [0.3, 0.4) is 0 Å². The summed E-state index contributed by atoms with van der Waals surface area (Å²) in [5, 5.41) is 24.5. The molecule has 3 aliphatic heterocycles. The summed E-state index contributed by atoms with van der Waals surface area (Å²) in [6.45, 7) is 13.3. The highest BCUT2D eigenvalue weighted by molar-refractivity contribution is 7.13. The average Bonchev–Trinajstić information content (AvgIpc) is 3.78. The van der Waals surface area contributed by atoms with Gasteiger partial charge in [-0.15, -0.1) is 11.3 Å². The second-order valence-electron chi connectivity index (χ2n) is 22.0. The number of hydrogen-bond donors (Lipinski definition) is 4. The number of nitrogens with zero attached hydrogens (tertiary/aromatic N) is 8. The number of likely N-dealkylation sites (tertiary alicyclic amines) is 1. The van der Waals surface area contributed by atoms with Gasteiger partial charge in [0.1, 0.15) is 24.0 Å². The van der Waals surface area contributed by atoms with Gasteiger partial charge in [0.25, 0.3) is 5.91 Å². The molecule has 1 aliphatic carbocycles. The van der Waals surface area contributed by atoms with Gasteiger partial charge in [0.2, 0.25) is 17.7 Å². The smallest absolute Gasteiger partial charge is 0.320 e. The molecule has 4 amide bonds. The third-order valence-corrected chi connectivity index (χ3v) is 16.0. The molecule has 3 aromatic carbocycles. The van der Waals surface area contributed by atoms with Crippen molar-refractivity contribution in [3.8, 4) is 33.5 Å². The third kappa shape index (κ3) is 12.7. The van der Waals surface area contributed by atoms with Crippen molar-refractivity contribution in [1.82, 2.24) is 40.3 Å². The number of aliphatic hydroxyl groups excluding tert-OH is 1. The standard InChI is InChI=1S/C58H68FN11O7S/c1-36-7-6-8-40(31-36)46-21-26-70(66-46)49-33-48(68-27-29-76-30-28-68)63-56(64-49)77-44-19-24-67(25-20-44)42-15-13-41(14-16-42)61-50(72)18-17-45(38-9-11-39(12-10-38)51-37(2)60-35-78-51)62-53(73)47-32-43(71)34-69(47)54(74)52(57(3,4)5)65-55(75)58(59)22-23-58/h6-16,21,26,31,33,35,43-45,47,52,71H,17-20,22-25,27-30,32,34H2,1-5H3,(H,61,72)(H,62,73)(H,65,75)/t43-,45+,47+,52-/m1/s1. The molecule has 4 atom stereocenters. The number of β-amino-alcohol motifs (C(OH)–C–C–N with tert-alkyl or cyclic N) is 1. The fourth-order valence-electron chi connectivity index (χ4n) is 10.3. The molecule has 1 saturated carbocycles. The molecule has 4 N–H and O–H groups in total. The number of aromatic nitrogens is 5. The fraction of sp³-hybridized carbons (Fsp3) is 0.448. The molecule has 6 heterocycles. The molecule has 0 unspecified atom stereocenters. The second kappa shape index (κ2) is 23.0. The van der Waals surface area contributed by atoms with Crippen LogP contribution in [0.1, 0.15) is 88.6 Å². The molecular formula is C58H68FN11O7S. The first-order valence-corrected chi connectivity index (χ1v) is 27.8. The van der Waals surface area contributed by atoms with E-state index in [1.165, 1.54) is 16.2 Å². The lowest BCUT2D eigenvalue weighted by Gasteiger charge is -2.36. The quantitative estimate of drug-likeness (QED) is 0.0698. The van der Waals surface area contributed by atoms with Gasteiger partial charge < -0.3 is 45.2 Å². The zero-order valence-corrected chi connectivity index (χ0v) is 45.6. The highest BCUT2D eigenvalue weighted by Crippen LogP contribution is 2.41. The number of hydrogen-bond acceptors (Lipinski definition) is 14. The van der Waals surface area contributed by atoms with Crippen LogP contribution >= 0.6 is 11.3 Å². The maximum Gasteiger partial charge on any atom is 0.320 e. The average molecular weight is 1080 g/mol. The first kappa shape index (κ1) is 54.1. The molecule has 6 aromatic rings. The van der Waals surface area contributed by atoms with Crippen molar-refractivity contribution in [2.75, 3.05) is 61.1 Å². The van der Waals surface area contributed by atoms with Gasteiger partial charge in [-0.2, -0.15) is 15.1 Å². The molecule has 18 nitrogen and oxygen atoms in total. The van der Waals surface area contributed by atoms with Crippen LogP contribution in [0.15, 0.2) is 96.6 Å². The molecule has 0 radical (unpaired) electrons. The van der Waals surface area contributed by atoms with Crippen LogP contribution < -0.4 is 30.5 Å². The Labute approximate surface area is 457 Å². The Bertz CT molecular complexity index is 3110. The first-order chi connectivity index (χ1) is 37.5. The van der Waals surface area contributed by atoms with Gasteiger partial charge in [0.15, 0.2) is 11.5 Å². The predicted molar refractivity (Wildman–Crippen MR) is 296 cm³/mol. The van der Waals surface area contributed by atoms with E-state index in [1.807, 2.05) is 85.9 Å². The SMILES string of the molecule is Cc1cccc(-c2ccn(-c3cc(N4CCOCC4)nc(OC4CCN(c5ccc(NC(=O)CC[C@H](NC(=O)[C@@H]6C[C@@H](O)CN6C(=O)[C@@H](NC(=O)C6(F)CC6)C(C)(C)C)c6ccc(-c7scnc7C)cc6)cc5)CC4)n3)n2)c1. The second-order valence-corrected chi connectivity index (χ2v) is 22.9. The van der Waals surface area contributed by atoms with Crippen molar-refractivity contribution >= 4 is 52.2 Å². The van der Waals surface area contributed by atoms with Crippen LogP contribution in [0.2, 0.25) is 0 Å². The van der Waals surface area contributed by atoms with Gasteiger partial charge in [-0.05, 0) is 86.1 Å². The number of benzene rings is 3. The number of halogens is 1. The Balaban J connectivity index is 0.768. The van der Waals surface area contributed by atoms with Crippen molar-refractivity contribution in [3.05, 3.63) is 113 Å². The topological polar surface area (TPSA) is 209 Å².